The second-order valence-corrected chi connectivity index (χ2v) is 9.64. The Balaban J connectivity index is 1.43. The summed E-state index contributed by atoms with van der Waals surface area (Å²) in [5, 5.41) is 11.6. The third-order valence-electron chi connectivity index (χ3n) is 6.15. The summed E-state index contributed by atoms with van der Waals surface area (Å²) in [6.45, 7) is 6.72. The zero-order chi connectivity index (χ0) is 23.8. The van der Waals surface area contributed by atoms with Crippen LogP contribution in [0, 0.1) is 11.3 Å². The van der Waals surface area contributed by atoms with E-state index in [1.54, 1.807) is 12.3 Å². The Morgan fingerprint density at radius 2 is 2.09 bits per heavy atom. The summed E-state index contributed by atoms with van der Waals surface area (Å²) in [5.74, 6) is -0.554. The van der Waals surface area contributed by atoms with E-state index < -0.39 is 5.92 Å². The Hall–Kier alpha value is -2.89. The van der Waals surface area contributed by atoms with Crippen molar-refractivity contribution in [3.8, 4) is 12.1 Å². The highest BCUT2D eigenvalue weighted by atomic mass is 32.1. The van der Waals surface area contributed by atoms with E-state index in [1.807, 2.05) is 25.3 Å². The molecule has 7 nitrogen and oxygen atoms in total. The maximum atomic E-state index is 9.90. The molecular weight excluding hydrogens is 444 g/mol. The summed E-state index contributed by atoms with van der Waals surface area (Å²) in [4.78, 5) is 20.7. The number of dihydropyridines is 1. The minimum Gasteiger partial charge on any atom is -0.459 e. The van der Waals surface area contributed by atoms with Crippen LogP contribution in [0.15, 0.2) is 28.9 Å². The number of aliphatic imine (C=N–C) groups is 1. The van der Waals surface area contributed by atoms with E-state index in [0.717, 1.165) is 40.8 Å². The number of thiazole rings is 1. The number of likely N-dealkylation sites (tertiary alicyclic amines) is 1. The van der Waals surface area contributed by atoms with Crippen LogP contribution >= 0.6 is 11.3 Å². The average molecular weight is 477 g/mol. The van der Waals surface area contributed by atoms with Crippen LogP contribution in [0.2, 0.25) is 0 Å². The van der Waals surface area contributed by atoms with Crippen molar-refractivity contribution in [1.29, 1.82) is 5.26 Å². The van der Waals surface area contributed by atoms with Gasteiger partial charge >= 0.3 is 6.01 Å². The molecule has 0 spiro atoms. The van der Waals surface area contributed by atoms with E-state index in [9.17, 15) is 5.26 Å². The van der Waals surface area contributed by atoms with Crippen molar-refractivity contribution >= 4 is 29.7 Å². The molecular formula is C26H32N6OS. The summed E-state index contributed by atoms with van der Waals surface area (Å²) < 4.78 is 7.03. The average Bonchev–Trinajstić information content (AvgIpc) is 3.07. The Bertz CT molecular complexity index is 1190. The first kappa shape index (κ1) is 24.2. The van der Waals surface area contributed by atoms with E-state index in [0.29, 0.717) is 12.3 Å². The van der Waals surface area contributed by atoms with E-state index in [4.69, 9.17) is 14.7 Å². The number of rotatable bonds is 7. The first-order valence-electron chi connectivity index (χ1n) is 12.2. The third kappa shape index (κ3) is 5.96. The number of hydrogen-bond acceptors (Lipinski definition) is 8. The summed E-state index contributed by atoms with van der Waals surface area (Å²) in [5.41, 5.74) is 1.78. The summed E-state index contributed by atoms with van der Waals surface area (Å²) >= 11 is 1.53. The van der Waals surface area contributed by atoms with Gasteiger partial charge in [0.2, 0.25) is 0 Å². The Labute approximate surface area is 205 Å². The zero-order valence-corrected chi connectivity index (χ0v) is 20.8. The first-order chi connectivity index (χ1) is 16.7. The predicted molar refractivity (Wildman–Crippen MR) is 136 cm³/mol. The van der Waals surface area contributed by atoms with Crippen molar-refractivity contribution in [2.75, 3.05) is 19.7 Å². The molecule has 2 unspecified atom stereocenters. The second kappa shape index (κ2) is 12.0. The van der Waals surface area contributed by atoms with Crippen molar-refractivity contribution in [1.82, 2.24) is 19.9 Å². The molecule has 0 saturated carbocycles. The molecule has 2 aliphatic heterocycles. The van der Waals surface area contributed by atoms with Crippen molar-refractivity contribution in [2.45, 2.75) is 64.5 Å². The van der Waals surface area contributed by atoms with Gasteiger partial charge in [-0.25, -0.2) is 9.97 Å². The van der Waals surface area contributed by atoms with Crippen LogP contribution < -0.4 is 14.6 Å². The number of nitrogens with zero attached hydrogens (tertiary/aromatic N) is 6. The van der Waals surface area contributed by atoms with Gasteiger partial charge in [-0.1, -0.05) is 31.9 Å². The highest BCUT2D eigenvalue weighted by Crippen LogP contribution is 2.24. The van der Waals surface area contributed by atoms with Crippen molar-refractivity contribution in [3.63, 3.8) is 0 Å². The first-order valence-corrected chi connectivity index (χ1v) is 13.0. The lowest BCUT2D eigenvalue weighted by molar-refractivity contribution is 0.201. The van der Waals surface area contributed by atoms with Crippen LogP contribution in [0.25, 0.3) is 12.2 Å². The molecule has 2 aromatic rings. The van der Waals surface area contributed by atoms with Crippen LogP contribution in [0.1, 0.15) is 69.0 Å². The Morgan fingerprint density at radius 1 is 1.26 bits per heavy atom. The fourth-order valence-corrected chi connectivity index (χ4v) is 5.36. The maximum absolute atomic E-state index is 9.90. The lowest BCUT2D eigenvalue weighted by Crippen LogP contribution is -2.36. The van der Waals surface area contributed by atoms with Crippen LogP contribution in [0.5, 0.6) is 6.01 Å². The third-order valence-corrected chi connectivity index (χ3v) is 7.35. The van der Waals surface area contributed by atoms with Gasteiger partial charge in [0, 0.05) is 31.9 Å². The van der Waals surface area contributed by atoms with Crippen LogP contribution in [-0.2, 0) is 0 Å². The molecule has 178 valence electrons. The largest absolute Gasteiger partial charge is 0.459 e. The van der Waals surface area contributed by atoms with Gasteiger partial charge in [0.05, 0.1) is 21.6 Å². The summed E-state index contributed by atoms with van der Waals surface area (Å²) in [6, 6.07) is 4.41. The van der Waals surface area contributed by atoms with Crippen LogP contribution in [0.4, 0.5) is 0 Å². The molecule has 1 saturated heterocycles. The standard InChI is InChI=1S/C26H32N6OS/c1-3-9-22-23(4-2)34-25(30-22)20(17-27)21-11-13-29-26(31-21)33-18-19-10-12-28-24(16-19)32-14-7-5-6-8-15-32/h4,9-13,20,24H,3,5-8,14-16,18H2,1-2H3. The predicted octanol–water partition coefficient (Wildman–Crippen LogP) is 3.56. The quantitative estimate of drug-likeness (QED) is 0.607. The van der Waals surface area contributed by atoms with Crippen molar-refractivity contribution in [2.24, 2.45) is 4.99 Å². The number of hydrogen-bond donors (Lipinski definition) is 0. The number of nitriles is 1. The summed E-state index contributed by atoms with van der Waals surface area (Å²) in [7, 11) is 0. The molecule has 2 atom stereocenters. The topological polar surface area (TPSA) is 87.3 Å². The molecule has 0 N–H and O–H groups in total. The molecule has 2 aliphatic rings. The zero-order valence-electron chi connectivity index (χ0n) is 20.0. The monoisotopic (exact) mass is 476 g/mol. The van der Waals surface area contributed by atoms with Crippen LogP contribution in [0.3, 0.4) is 0 Å². The normalized spacial score (nSPS) is 21.1. The molecule has 4 rings (SSSR count). The highest BCUT2D eigenvalue weighted by molar-refractivity contribution is 7.09. The minimum absolute atomic E-state index is 0.195. The fraction of sp³-hybridized carbons (Fsp3) is 0.500. The molecule has 0 aromatic carbocycles. The maximum Gasteiger partial charge on any atom is 0.316 e. The lowest BCUT2D eigenvalue weighted by atomic mass is 10.1. The van der Waals surface area contributed by atoms with Gasteiger partial charge in [-0.2, -0.15) is 10.2 Å². The number of ether oxygens (including phenoxy) is 1. The molecule has 0 amide bonds. The van der Waals surface area contributed by atoms with Gasteiger partial charge < -0.3 is 4.74 Å². The second-order valence-electron chi connectivity index (χ2n) is 8.58. The van der Waals surface area contributed by atoms with Crippen molar-refractivity contribution in [3.05, 3.63) is 44.5 Å². The molecule has 34 heavy (non-hydrogen) atoms. The van der Waals surface area contributed by atoms with Gasteiger partial charge in [0.1, 0.15) is 23.7 Å². The molecule has 0 radical (unpaired) electrons. The Kier molecular flexibility index (Phi) is 8.56. The van der Waals surface area contributed by atoms with Gasteiger partial charge in [-0.15, -0.1) is 11.3 Å². The molecule has 1 fully saturated rings. The molecule has 2 aromatic heterocycles. The number of aromatic nitrogens is 3. The SMILES string of the molecule is CC=c1sc(C(C#N)c2ccnc(OCC3=CC=NC(N4CCCCCC4)C3)n2)nc1=CCC. The lowest BCUT2D eigenvalue weighted by Gasteiger charge is -2.29. The van der Waals surface area contributed by atoms with Gasteiger partial charge in [-0.3, -0.25) is 9.89 Å². The fourth-order valence-electron chi connectivity index (χ4n) is 4.35. The van der Waals surface area contributed by atoms with Gasteiger partial charge in [0.15, 0.2) is 0 Å². The van der Waals surface area contributed by atoms with E-state index in [2.05, 4.69) is 33.9 Å². The minimum atomic E-state index is -0.554. The Morgan fingerprint density at radius 3 is 2.82 bits per heavy atom. The van der Waals surface area contributed by atoms with Gasteiger partial charge in [-0.05, 0) is 43.9 Å². The smallest absolute Gasteiger partial charge is 0.316 e. The molecule has 0 bridgehead atoms. The summed E-state index contributed by atoms with van der Waals surface area (Å²) in [6.07, 6.45) is 16.8. The van der Waals surface area contributed by atoms with Gasteiger partial charge in [0.25, 0.3) is 0 Å². The molecule has 0 aliphatic carbocycles. The van der Waals surface area contributed by atoms with E-state index in [-0.39, 0.29) is 12.2 Å². The van der Waals surface area contributed by atoms with Crippen molar-refractivity contribution < 1.29 is 4.74 Å². The van der Waals surface area contributed by atoms with E-state index >= 15 is 0 Å². The molecule has 4 heterocycles. The van der Waals surface area contributed by atoms with E-state index in [1.165, 1.54) is 42.6 Å². The molecule has 8 heteroatoms. The number of allylic oxidation sites excluding steroid dienone is 1. The highest BCUT2D eigenvalue weighted by Gasteiger charge is 2.23. The van der Waals surface area contributed by atoms with Crippen LogP contribution in [-0.4, -0.2) is 51.9 Å².